The van der Waals surface area contributed by atoms with Gasteiger partial charge in [-0.25, -0.2) is 0 Å². The van der Waals surface area contributed by atoms with Gasteiger partial charge in [-0.15, -0.1) is 12.4 Å². The van der Waals surface area contributed by atoms with E-state index < -0.39 is 0 Å². The van der Waals surface area contributed by atoms with E-state index in [0.29, 0.717) is 18.9 Å². The second-order valence-electron chi connectivity index (χ2n) is 7.94. The summed E-state index contributed by atoms with van der Waals surface area (Å²) in [4.78, 5) is 26.6. The molecular formula is C18H34ClN3O2. The number of carbonyl (C=O) groups is 2. The summed E-state index contributed by atoms with van der Waals surface area (Å²) in [5.74, 6) is 0.784. The minimum Gasteiger partial charge on any atom is -0.354 e. The molecule has 2 saturated heterocycles. The van der Waals surface area contributed by atoms with Crippen LogP contribution in [0.15, 0.2) is 0 Å². The molecule has 0 aromatic carbocycles. The molecule has 0 bridgehead atoms. The van der Waals surface area contributed by atoms with Gasteiger partial charge in [-0.2, -0.15) is 0 Å². The summed E-state index contributed by atoms with van der Waals surface area (Å²) in [6, 6.07) is -0.0123. The summed E-state index contributed by atoms with van der Waals surface area (Å²) in [7, 11) is 0. The van der Waals surface area contributed by atoms with E-state index in [1.807, 2.05) is 4.90 Å². The van der Waals surface area contributed by atoms with Gasteiger partial charge in [0.1, 0.15) is 0 Å². The van der Waals surface area contributed by atoms with E-state index in [1.165, 1.54) is 0 Å². The summed E-state index contributed by atoms with van der Waals surface area (Å²) in [5.41, 5.74) is 0.0758. The first-order chi connectivity index (χ1) is 10.9. The van der Waals surface area contributed by atoms with Crippen LogP contribution in [0, 0.1) is 11.3 Å². The topological polar surface area (TPSA) is 61.4 Å². The zero-order valence-electron chi connectivity index (χ0n) is 15.4. The lowest BCUT2D eigenvalue weighted by Gasteiger charge is -2.35. The van der Waals surface area contributed by atoms with E-state index in [0.717, 1.165) is 51.7 Å². The minimum atomic E-state index is -0.0123. The first-order valence-corrected chi connectivity index (χ1v) is 9.20. The standard InChI is InChI=1S/C18H33N3O2.ClH/c1-4-18(2,3)11-16(22)21-10-6-7-14(13-21)12-20-17(23)15-8-5-9-19-15;/h14-15,19H,4-13H2,1-3H3,(H,20,23);1H. The van der Waals surface area contributed by atoms with Crippen molar-refractivity contribution in [1.82, 2.24) is 15.5 Å². The molecule has 0 aliphatic carbocycles. The Kier molecular flexibility index (Phi) is 8.51. The lowest BCUT2D eigenvalue weighted by Crippen LogP contribution is -2.47. The van der Waals surface area contributed by atoms with Crippen molar-refractivity contribution >= 4 is 24.2 Å². The predicted molar refractivity (Wildman–Crippen MR) is 99.3 cm³/mol. The number of hydrogen-bond donors (Lipinski definition) is 2. The highest BCUT2D eigenvalue weighted by molar-refractivity contribution is 5.85. The van der Waals surface area contributed by atoms with Crippen LogP contribution in [0.4, 0.5) is 0 Å². The Morgan fingerprint density at radius 3 is 2.62 bits per heavy atom. The fourth-order valence-electron chi connectivity index (χ4n) is 3.38. The molecule has 0 radical (unpaired) electrons. The average Bonchev–Trinajstić information content (AvgIpc) is 3.07. The number of likely N-dealkylation sites (tertiary alicyclic amines) is 1. The van der Waals surface area contributed by atoms with Gasteiger partial charge < -0.3 is 15.5 Å². The molecule has 2 rings (SSSR count). The summed E-state index contributed by atoms with van der Waals surface area (Å²) < 4.78 is 0. The summed E-state index contributed by atoms with van der Waals surface area (Å²) in [6.45, 7) is 9.74. The molecule has 0 aromatic heterocycles. The summed E-state index contributed by atoms with van der Waals surface area (Å²) in [6.07, 6.45) is 5.79. The number of carbonyl (C=O) groups excluding carboxylic acids is 2. The molecule has 0 spiro atoms. The van der Waals surface area contributed by atoms with E-state index in [9.17, 15) is 9.59 Å². The minimum absolute atomic E-state index is 0. The van der Waals surface area contributed by atoms with Gasteiger partial charge >= 0.3 is 0 Å². The molecule has 2 aliphatic heterocycles. The summed E-state index contributed by atoms with van der Waals surface area (Å²) in [5, 5.41) is 6.30. The lowest BCUT2D eigenvalue weighted by molar-refractivity contribution is -0.135. The Bertz CT molecular complexity index is 422. The molecule has 6 heteroatoms. The SMILES string of the molecule is CCC(C)(C)CC(=O)N1CCCC(CNC(=O)C2CCCN2)C1.Cl. The fourth-order valence-corrected chi connectivity index (χ4v) is 3.38. The third kappa shape index (κ3) is 6.25. The molecule has 140 valence electrons. The molecule has 2 aliphatic rings. The van der Waals surface area contributed by atoms with Gasteiger partial charge in [-0.1, -0.05) is 27.2 Å². The molecule has 2 fully saturated rings. The average molecular weight is 360 g/mol. The number of hydrogen-bond acceptors (Lipinski definition) is 3. The van der Waals surface area contributed by atoms with Crippen molar-refractivity contribution in [3.8, 4) is 0 Å². The van der Waals surface area contributed by atoms with E-state index in [2.05, 4.69) is 31.4 Å². The summed E-state index contributed by atoms with van der Waals surface area (Å²) >= 11 is 0. The van der Waals surface area contributed by atoms with Gasteiger partial charge in [-0.3, -0.25) is 9.59 Å². The maximum atomic E-state index is 12.5. The van der Waals surface area contributed by atoms with Crippen LogP contribution in [0.5, 0.6) is 0 Å². The molecule has 2 unspecified atom stereocenters. The van der Waals surface area contributed by atoms with Crippen LogP contribution >= 0.6 is 12.4 Å². The van der Waals surface area contributed by atoms with Crippen LogP contribution in [0.1, 0.15) is 59.3 Å². The number of nitrogens with zero attached hydrogens (tertiary/aromatic N) is 1. The van der Waals surface area contributed by atoms with E-state index in [-0.39, 0.29) is 35.7 Å². The molecule has 2 amide bonds. The number of nitrogens with one attached hydrogen (secondary N) is 2. The molecule has 2 N–H and O–H groups in total. The molecule has 2 atom stereocenters. The van der Waals surface area contributed by atoms with Gasteiger partial charge in [0.2, 0.25) is 11.8 Å². The van der Waals surface area contributed by atoms with Gasteiger partial charge in [0.15, 0.2) is 0 Å². The maximum absolute atomic E-state index is 12.5. The third-order valence-electron chi connectivity index (χ3n) is 5.40. The van der Waals surface area contributed by atoms with Gasteiger partial charge in [-0.05, 0) is 43.6 Å². The Labute approximate surface area is 152 Å². The predicted octanol–water partition coefficient (Wildman–Crippen LogP) is 2.34. The van der Waals surface area contributed by atoms with Gasteiger partial charge in [0.05, 0.1) is 6.04 Å². The second kappa shape index (κ2) is 9.62. The maximum Gasteiger partial charge on any atom is 0.237 e. The second-order valence-corrected chi connectivity index (χ2v) is 7.94. The van der Waals surface area contributed by atoms with Gasteiger partial charge in [0, 0.05) is 26.1 Å². The molecular weight excluding hydrogens is 326 g/mol. The van der Waals surface area contributed by atoms with Crippen molar-refractivity contribution in [1.29, 1.82) is 0 Å². The lowest BCUT2D eigenvalue weighted by atomic mass is 9.85. The Hall–Kier alpha value is -0.810. The van der Waals surface area contributed by atoms with Crippen LogP contribution in [0.2, 0.25) is 0 Å². The van der Waals surface area contributed by atoms with Crippen LogP contribution in [0.3, 0.4) is 0 Å². The fraction of sp³-hybridized carbons (Fsp3) is 0.889. The smallest absolute Gasteiger partial charge is 0.237 e. The van der Waals surface area contributed by atoms with Crippen molar-refractivity contribution in [2.24, 2.45) is 11.3 Å². The van der Waals surface area contributed by atoms with Crippen molar-refractivity contribution in [3.05, 3.63) is 0 Å². The van der Waals surface area contributed by atoms with E-state index in [4.69, 9.17) is 0 Å². The largest absolute Gasteiger partial charge is 0.354 e. The highest BCUT2D eigenvalue weighted by Crippen LogP contribution is 2.27. The number of amides is 2. The number of rotatable bonds is 6. The van der Waals surface area contributed by atoms with Crippen molar-refractivity contribution in [2.45, 2.75) is 65.3 Å². The van der Waals surface area contributed by atoms with Crippen LogP contribution in [-0.4, -0.2) is 48.9 Å². The molecule has 0 aromatic rings. The zero-order valence-corrected chi connectivity index (χ0v) is 16.2. The Morgan fingerprint density at radius 2 is 2.00 bits per heavy atom. The quantitative estimate of drug-likeness (QED) is 0.765. The normalized spacial score (nSPS) is 24.4. The monoisotopic (exact) mass is 359 g/mol. The Morgan fingerprint density at radius 1 is 1.25 bits per heavy atom. The molecule has 0 saturated carbocycles. The van der Waals surface area contributed by atoms with E-state index in [1.54, 1.807) is 0 Å². The van der Waals surface area contributed by atoms with Crippen molar-refractivity contribution in [2.75, 3.05) is 26.2 Å². The van der Waals surface area contributed by atoms with Gasteiger partial charge in [0.25, 0.3) is 0 Å². The zero-order chi connectivity index (χ0) is 16.9. The highest BCUT2D eigenvalue weighted by Gasteiger charge is 2.28. The van der Waals surface area contributed by atoms with Crippen LogP contribution in [0.25, 0.3) is 0 Å². The number of halogens is 1. The first kappa shape index (κ1) is 21.2. The highest BCUT2D eigenvalue weighted by atomic mass is 35.5. The third-order valence-corrected chi connectivity index (χ3v) is 5.40. The van der Waals surface area contributed by atoms with Crippen molar-refractivity contribution < 1.29 is 9.59 Å². The van der Waals surface area contributed by atoms with E-state index >= 15 is 0 Å². The number of piperidine rings is 1. The molecule has 2 heterocycles. The van der Waals surface area contributed by atoms with Crippen LogP contribution in [-0.2, 0) is 9.59 Å². The Balaban J connectivity index is 0.00000288. The van der Waals surface area contributed by atoms with Crippen LogP contribution < -0.4 is 10.6 Å². The molecule has 5 nitrogen and oxygen atoms in total. The van der Waals surface area contributed by atoms with Crippen molar-refractivity contribution in [3.63, 3.8) is 0 Å². The molecule has 24 heavy (non-hydrogen) atoms. The first-order valence-electron chi connectivity index (χ1n) is 9.20.